The van der Waals surface area contributed by atoms with Crippen molar-refractivity contribution in [2.75, 3.05) is 5.32 Å². The van der Waals surface area contributed by atoms with Gasteiger partial charge in [0.1, 0.15) is 5.01 Å². The van der Waals surface area contributed by atoms with Crippen molar-refractivity contribution in [1.29, 1.82) is 0 Å². The van der Waals surface area contributed by atoms with Crippen LogP contribution in [-0.4, -0.2) is 16.1 Å². The lowest BCUT2D eigenvalue weighted by Gasteiger charge is -2.00. The minimum absolute atomic E-state index is 0.225. The largest absolute Gasteiger partial charge is 0.296 e. The van der Waals surface area contributed by atoms with Crippen LogP contribution in [0.3, 0.4) is 0 Å². The highest BCUT2D eigenvalue weighted by Gasteiger charge is 2.10. The van der Waals surface area contributed by atoms with Crippen LogP contribution >= 0.6 is 22.9 Å². The first-order valence-electron chi connectivity index (χ1n) is 5.58. The molecule has 0 bridgehead atoms. The van der Waals surface area contributed by atoms with Gasteiger partial charge in [-0.05, 0) is 24.6 Å². The van der Waals surface area contributed by atoms with E-state index in [-0.39, 0.29) is 5.91 Å². The fourth-order valence-electron chi connectivity index (χ4n) is 1.42. The van der Waals surface area contributed by atoms with E-state index in [9.17, 15) is 4.79 Å². The van der Waals surface area contributed by atoms with Gasteiger partial charge in [0.15, 0.2) is 0 Å². The standard InChI is InChI=1S/C12H12ClN3OS/c1-2-4-10-15-16-12(18-10)14-11(17)8-5-3-6-9(13)7-8/h3,5-7H,2,4H2,1H3,(H,14,16,17). The molecule has 0 saturated carbocycles. The fourth-order valence-corrected chi connectivity index (χ4v) is 2.44. The number of halogens is 1. The van der Waals surface area contributed by atoms with Crippen molar-refractivity contribution in [1.82, 2.24) is 10.2 Å². The molecule has 0 saturated heterocycles. The Hall–Kier alpha value is -1.46. The molecule has 2 rings (SSSR count). The number of aryl methyl sites for hydroxylation is 1. The van der Waals surface area contributed by atoms with Crippen LogP contribution in [0.2, 0.25) is 5.02 Å². The third-order valence-corrected chi connectivity index (χ3v) is 3.37. The second-order valence-corrected chi connectivity index (χ2v) is 5.21. The predicted molar refractivity (Wildman–Crippen MR) is 73.3 cm³/mol. The maximum atomic E-state index is 11.9. The van der Waals surface area contributed by atoms with Gasteiger partial charge in [0, 0.05) is 17.0 Å². The van der Waals surface area contributed by atoms with E-state index in [0.29, 0.717) is 15.7 Å². The molecular formula is C12H12ClN3OS. The molecule has 1 aromatic carbocycles. The SMILES string of the molecule is CCCc1nnc(NC(=O)c2cccc(Cl)c2)s1. The van der Waals surface area contributed by atoms with Crippen molar-refractivity contribution in [3.8, 4) is 0 Å². The van der Waals surface area contributed by atoms with E-state index in [0.717, 1.165) is 17.8 Å². The Labute approximate surface area is 114 Å². The number of nitrogens with one attached hydrogen (secondary N) is 1. The highest BCUT2D eigenvalue weighted by molar-refractivity contribution is 7.15. The quantitative estimate of drug-likeness (QED) is 0.934. The van der Waals surface area contributed by atoms with Crippen LogP contribution in [0.15, 0.2) is 24.3 Å². The minimum atomic E-state index is -0.225. The summed E-state index contributed by atoms with van der Waals surface area (Å²) < 4.78 is 0. The van der Waals surface area contributed by atoms with Gasteiger partial charge in [0.2, 0.25) is 5.13 Å². The Morgan fingerprint density at radius 3 is 3.00 bits per heavy atom. The van der Waals surface area contributed by atoms with Crippen molar-refractivity contribution in [2.45, 2.75) is 19.8 Å². The topological polar surface area (TPSA) is 54.9 Å². The van der Waals surface area contributed by atoms with Crippen molar-refractivity contribution in [2.24, 2.45) is 0 Å². The van der Waals surface area contributed by atoms with E-state index in [1.807, 2.05) is 0 Å². The first-order chi connectivity index (χ1) is 8.69. The van der Waals surface area contributed by atoms with Gasteiger partial charge in [-0.2, -0.15) is 0 Å². The van der Waals surface area contributed by atoms with Crippen LogP contribution in [0.5, 0.6) is 0 Å². The lowest BCUT2D eigenvalue weighted by Crippen LogP contribution is -2.11. The Morgan fingerprint density at radius 1 is 1.44 bits per heavy atom. The number of benzene rings is 1. The maximum Gasteiger partial charge on any atom is 0.257 e. The number of hydrogen-bond acceptors (Lipinski definition) is 4. The average molecular weight is 282 g/mol. The Kier molecular flexibility index (Phi) is 4.28. The first-order valence-corrected chi connectivity index (χ1v) is 6.78. The number of nitrogens with zero attached hydrogens (tertiary/aromatic N) is 2. The molecule has 6 heteroatoms. The molecule has 0 radical (unpaired) electrons. The van der Waals surface area contributed by atoms with Crippen LogP contribution in [0.1, 0.15) is 28.7 Å². The third kappa shape index (κ3) is 3.27. The molecule has 0 atom stereocenters. The van der Waals surface area contributed by atoms with Crippen molar-refractivity contribution in [3.05, 3.63) is 39.9 Å². The van der Waals surface area contributed by atoms with Gasteiger partial charge in [-0.1, -0.05) is 35.9 Å². The first kappa shape index (κ1) is 13.0. The van der Waals surface area contributed by atoms with Crippen LogP contribution in [0, 0.1) is 0 Å². The molecule has 0 fully saturated rings. The van der Waals surface area contributed by atoms with Crippen molar-refractivity contribution in [3.63, 3.8) is 0 Å². The Bertz CT molecular complexity index is 556. The molecule has 0 aliphatic rings. The van der Waals surface area contributed by atoms with E-state index in [2.05, 4.69) is 22.4 Å². The van der Waals surface area contributed by atoms with Gasteiger partial charge in [0.05, 0.1) is 0 Å². The highest BCUT2D eigenvalue weighted by atomic mass is 35.5. The second kappa shape index (κ2) is 5.93. The molecule has 4 nitrogen and oxygen atoms in total. The zero-order valence-corrected chi connectivity index (χ0v) is 11.4. The second-order valence-electron chi connectivity index (χ2n) is 3.72. The van der Waals surface area contributed by atoms with Gasteiger partial charge in [0.25, 0.3) is 5.91 Å². The lowest BCUT2D eigenvalue weighted by atomic mass is 10.2. The van der Waals surface area contributed by atoms with Crippen LogP contribution in [0.4, 0.5) is 5.13 Å². The fraction of sp³-hybridized carbons (Fsp3) is 0.250. The smallest absolute Gasteiger partial charge is 0.257 e. The monoisotopic (exact) mass is 281 g/mol. The summed E-state index contributed by atoms with van der Waals surface area (Å²) in [4.78, 5) is 11.9. The maximum absolute atomic E-state index is 11.9. The minimum Gasteiger partial charge on any atom is -0.296 e. The summed E-state index contributed by atoms with van der Waals surface area (Å²) in [6.45, 7) is 2.08. The number of carbonyl (C=O) groups excluding carboxylic acids is 1. The summed E-state index contributed by atoms with van der Waals surface area (Å²) in [6, 6.07) is 6.78. The molecule has 18 heavy (non-hydrogen) atoms. The van der Waals surface area contributed by atoms with Crippen molar-refractivity contribution >= 4 is 34.0 Å². The van der Waals surface area contributed by atoms with Crippen molar-refractivity contribution < 1.29 is 4.79 Å². The molecule has 0 spiro atoms. The lowest BCUT2D eigenvalue weighted by molar-refractivity contribution is 0.102. The predicted octanol–water partition coefficient (Wildman–Crippen LogP) is 3.40. The van der Waals surface area contributed by atoms with Gasteiger partial charge in [-0.25, -0.2) is 0 Å². The summed E-state index contributed by atoms with van der Waals surface area (Å²) in [5.74, 6) is -0.225. The third-order valence-electron chi connectivity index (χ3n) is 2.24. The molecule has 0 aliphatic carbocycles. The zero-order chi connectivity index (χ0) is 13.0. The molecule has 0 aliphatic heterocycles. The van der Waals surface area contributed by atoms with E-state index in [4.69, 9.17) is 11.6 Å². The van der Waals surface area contributed by atoms with E-state index >= 15 is 0 Å². The molecular weight excluding hydrogens is 270 g/mol. The number of amides is 1. The zero-order valence-electron chi connectivity index (χ0n) is 9.81. The Balaban J connectivity index is 2.06. The molecule has 1 heterocycles. The number of carbonyl (C=O) groups is 1. The number of rotatable bonds is 4. The van der Waals surface area contributed by atoms with Gasteiger partial charge >= 0.3 is 0 Å². The van der Waals surface area contributed by atoms with Crippen LogP contribution in [-0.2, 0) is 6.42 Å². The molecule has 94 valence electrons. The molecule has 1 amide bonds. The normalized spacial score (nSPS) is 10.3. The highest BCUT2D eigenvalue weighted by Crippen LogP contribution is 2.18. The summed E-state index contributed by atoms with van der Waals surface area (Å²) in [5, 5.41) is 12.6. The summed E-state index contributed by atoms with van der Waals surface area (Å²) in [6.07, 6.45) is 1.89. The van der Waals surface area contributed by atoms with Gasteiger partial charge < -0.3 is 0 Å². The molecule has 1 N–H and O–H groups in total. The van der Waals surface area contributed by atoms with E-state index < -0.39 is 0 Å². The van der Waals surface area contributed by atoms with E-state index in [1.165, 1.54) is 11.3 Å². The Morgan fingerprint density at radius 2 is 2.28 bits per heavy atom. The summed E-state index contributed by atoms with van der Waals surface area (Å²) in [7, 11) is 0. The average Bonchev–Trinajstić information content (AvgIpc) is 2.77. The number of hydrogen-bond donors (Lipinski definition) is 1. The molecule has 1 aromatic heterocycles. The molecule has 2 aromatic rings. The molecule has 0 unspecified atom stereocenters. The van der Waals surface area contributed by atoms with Gasteiger partial charge in [-0.3, -0.25) is 10.1 Å². The van der Waals surface area contributed by atoms with Crippen LogP contribution in [0.25, 0.3) is 0 Å². The van der Waals surface area contributed by atoms with E-state index in [1.54, 1.807) is 24.3 Å². The summed E-state index contributed by atoms with van der Waals surface area (Å²) >= 11 is 7.23. The summed E-state index contributed by atoms with van der Waals surface area (Å²) in [5.41, 5.74) is 0.509. The number of anilines is 1. The van der Waals surface area contributed by atoms with Gasteiger partial charge in [-0.15, -0.1) is 10.2 Å². The number of aromatic nitrogens is 2. The van der Waals surface area contributed by atoms with Crippen LogP contribution < -0.4 is 5.32 Å².